The molecule has 18 heavy (non-hydrogen) atoms. The van der Waals surface area contributed by atoms with Crippen molar-refractivity contribution in [1.82, 2.24) is 5.32 Å². The van der Waals surface area contributed by atoms with Crippen LogP contribution in [-0.4, -0.2) is 37.4 Å². The maximum Gasteiger partial charge on any atom is 0.244 e. The third kappa shape index (κ3) is 5.95. The van der Waals surface area contributed by atoms with Gasteiger partial charge in [0.2, 0.25) is 5.91 Å². The lowest BCUT2D eigenvalue weighted by molar-refractivity contribution is -0.117. The van der Waals surface area contributed by atoms with E-state index in [0.717, 1.165) is 10.0 Å². The molecular weight excluding hydrogens is 298 g/mol. The van der Waals surface area contributed by atoms with Gasteiger partial charge in [0.15, 0.2) is 0 Å². The third-order valence-electron chi connectivity index (χ3n) is 2.15. The molecule has 0 aromatic heterocycles. The highest BCUT2D eigenvalue weighted by atomic mass is 79.9. The lowest BCUT2D eigenvalue weighted by atomic mass is 10.2. The van der Waals surface area contributed by atoms with Crippen molar-refractivity contribution >= 4 is 27.9 Å². The number of hydrogen-bond donors (Lipinski definition) is 2. The summed E-state index contributed by atoms with van der Waals surface area (Å²) in [6.07, 6.45) is 2.46. The molecule has 0 aliphatic rings. The van der Waals surface area contributed by atoms with Crippen LogP contribution in [-0.2, 0) is 9.53 Å². The van der Waals surface area contributed by atoms with Crippen molar-refractivity contribution < 1.29 is 14.6 Å². The zero-order valence-corrected chi connectivity index (χ0v) is 11.7. The minimum absolute atomic E-state index is 0.176. The van der Waals surface area contributed by atoms with Crippen molar-refractivity contribution in [3.05, 3.63) is 40.4 Å². The van der Waals surface area contributed by atoms with Gasteiger partial charge < -0.3 is 15.2 Å². The van der Waals surface area contributed by atoms with Gasteiger partial charge in [-0.15, -0.1) is 0 Å². The summed E-state index contributed by atoms with van der Waals surface area (Å²) in [6.45, 7) is 0.380. The lowest BCUT2D eigenvalue weighted by Crippen LogP contribution is -2.33. The Morgan fingerprint density at radius 2 is 2.39 bits per heavy atom. The first-order chi connectivity index (χ1) is 8.61. The van der Waals surface area contributed by atoms with Gasteiger partial charge in [0.05, 0.1) is 12.7 Å². The predicted octanol–water partition coefficient (Wildman–Crippen LogP) is 1.59. The molecule has 0 saturated heterocycles. The van der Waals surface area contributed by atoms with Crippen molar-refractivity contribution in [2.24, 2.45) is 0 Å². The number of hydrogen-bond acceptors (Lipinski definition) is 3. The predicted molar refractivity (Wildman–Crippen MR) is 74.1 cm³/mol. The van der Waals surface area contributed by atoms with Gasteiger partial charge >= 0.3 is 0 Å². The number of aliphatic hydroxyl groups is 1. The molecule has 5 heteroatoms. The van der Waals surface area contributed by atoms with Gasteiger partial charge in [0.25, 0.3) is 0 Å². The Morgan fingerprint density at radius 1 is 1.61 bits per heavy atom. The summed E-state index contributed by atoms with van der Waals surface area (Å²) in [5.74, 6) is -0.245. The average Bonchev–Trinajstić information content (AvgIpc) is 2.34. The number of amides is 1. The van der Waals surface area contributed by atoms with Crippen LogP contribution < -0.4 is 5.32 Å². The fourth-order valence-corrected chi connectivity index (χ4v) is 1.73. The highest BCUT2D eigenvalue weighted by Gasteiger charge is 2.04. The van der Waals surface area contributed by atoms with Gasteiger partial charge in [-0.2, -0.15) is 0 Å². The highest BCUT2D eigenvalue weighted by Crippen LogP contribution is 2.12. The first-order valence-electron chi connectivity index (χ1n) is 5.50. The summed E-state index contributed by atoms with van der Waals surface area (Å²) in [5.41, 5.74) is 0.928. The number of ether oxygens (including phenoxy) is 1. The summed E-state index contributed by atoms with van der Waals surface area (Å²) in [4.78, 5) is 11.4. The van der Waals surface area contributed by atoms with Crippen LogP contribution in [0.15, 0.2) is 34.8 Å². The van der Waals surface area contributed by atoms with Gasteiger partial charge in [-0.1, -0.05) is 28.1 Å². The van der Waals surface area contributed by atoms with E-state index in [0.29, 0.717) is 0 Å². The van der Waals surface area contributed by atoms with Gasteiger partial charge in [-0.05, 0) is 23.8 Å². The largest absolute Gasteiger partial charge is 0.389 e. The number of carbonyl (C=O) groups excluding carboxylic acids is 1. The molecule has 0 fully saturated rings. The normalized spacial score (nSPS) is 12.6. The number of halogens is 1. The first-order valence-corrected chi connectivity index (χ1v) is 6.29. The van der Waals surface area contributed by atoms with Crippen molar-refractivity contribution in [1.29, 1.82) is 0 Å². The maximum absolute atomic E-state index is 11.4. The van der Waals surface area contributed by atoms with Crippen molar-refractivity contribution in [2.45, 2.75) is 6.10 Å². The molecular formula is C13H16BrNO3. The van der Waals surface area contributed by atoms with Crippen molar-refractivity contribution in [2.75, 3.05) is 20.3 Å². The van der Waals surface area contributed by atoms with Crippen molar-refractivity contribution in [3.8, 4) is 0 Å². The second-order valence-electron chi connectivity index (χ2n) is 3.74. The lowest BCUT2D eigenvalue weighted by Gasteiger charge is -2.08. The number of rotatable bonds is 6. The molecule has 1 atom stereocenters. The molecule has 1 amide bonds. The zero-order valence-electron chi connectivity index (χ0n) is 10.1. The quantitative estimate of drug-likeness (QED) is 0.784. The molecule has 0 heterocycles. The van der Waals surface area contributed by atoms with Crippen molar-refractivity contribution in [3.63, 3.8) is 0 Å². The van der Waals surface area contributed by atoms with Crippen LogP contribution in [0.25, 0.3) is 6.08 Å². The van der Waals surface area contributed by atoms with E-state index in [4.69, 9.17) is 4.74 Å². The Kier molecular flexibility index (Phi) is 6.64. The Hall–Kier alpha value is -1.17. The molecule has 0 spiro atoms. The van der Waals surface area contributed by atoms with E-state index in [-0.39, 0.29) is 19.1 Å². The second kappa shape index (κ2) is 8.02. The number of methoxy groups -OCH3 is 1. The molecule has 1 unspecified atom stereocenters. The van der Waals surface area contributed by atoms with E-state index in [1.54, 1.807) is 6.08 Å². The van der Waals surface area contributed by atoms with E-state index in [2.05, 4.69) is 21.2 Å². The van der Waals surface area contributed by atoms with Gasteiger partial charge in [0, 0.05) is 24.2 Å². The standard InChI is InChI=1S/C13H16BrNO3/c1-18-9-12(16)8-15-13(17)6-5-10-3-2-4-11(14)7-10/h2-7,12,16H,8-9H2,1H3,(H,15,17). The Morgan fingerprint density at radius 3 is 3.06 bits per heavy atom. The van der Waals surface area contributed by atoms with Gasteiger partial charge in [-0.3, -0.25) is 4.79 Å². The second-order valence-corrected chi connectivity index (χ2v) is 4.66. The fourth-order valence-electron chi connectivity index (χ4n) is 1.31. The van der Waals surface area contributed by atoms with Gasteiger partial charge in [0.1, 0.15) is 0 Å². The summed E-state index contributed by atoms with van der Waals surface area (Å²) in [6, 6.07) is 7.61. The summed E-state index contributed by atoms with van der Waals surface area (Å²) < 4.78 is 5.71. The topological polar surface area (TPSA) is 58.6 Å². The number of aliphatic hydroxyl groups excluding tert-OH is 1. The Labute approximate surface area is 115 Å². The van der Waals surface area contributed by atoms with E-state index < -0.39 is 6.10 Å². The molecule has 2 N–H and O–H groups in total. The molecule has 0 saturated carbocycles. The van der Waals surface area contributed by atoms with Crippen LogP contribution in [0, 0.1) is 0 Å². The molecule has 1 aromatic rings. The number of benzene rings is 1. The molecule has 0 aliphatic heterocycles. The van der Waals surface area contributed by atoms with E-state index in [1.807, 2.05) is 24.3 Å². The molecule has 1 aromatic carbocycles. The third-order valence-corrected chi connectivity index (χ3v) is 2.64. The molecule has 4 nitrogen and oxygen atoms in total. The zero-order chi connectivity index (χ0) is 13.4. The molecule has 0 aliphatic carbocycles. The smallest absolute Gasteiger partial charge is 0.244 e. The summed E-state index contributed by atoms with van der Waals surface area (Å²) >= 11 is 3.35. The van der Waals surface area contributed by atoms with E-state index in [1.165, 1.54) is 13.2 Å². The minimum Gasteiger partial charge on any atom is -0.389 e. The van der Waals surface area contributed by atoms with Crippen LogP contribution in [0.4, 0.5) is 0 Å². The molecule has 0 radical (unpaired) electrons. The number of nitrogens with one attached hydrogen (secondary N) is 1. The SMILES string of the molecule is COCC(O)CNC(=O)C=Cc1cccc(Br)c1. The minimum atomic E-state index is -0.682. The van der Waals surface area contributed by atoms with Crippen LogP contribution in [0.5, 0.6) is 0 Å². The molecule has 98 valence electrons. The summed E-state index contributed by atoms with van der Waals surface area (Å²) in [5, 5.41) is 11.9. The van der Waals surface area contributed by atoms with Crippen LogP contribution in [0.3, 0.4) is 0 Å². The fraction of sp³-hybridized carbons (Fsp3) is 0.308. The van der Waals surface area contributed by atoms with Crippen LogP contribution in [0.2, 0.25) is 0 Å². The first kappa shape index (κ1) is 14.9. The average molecular weight is 314 g/mol. The van der Waals surface area contributed by atoms with Crippen LogP contribution >= 0.6 is 15.9 Å². The van der Waals surface area contributed by atoms with Crippen LogP contribution in [0.1, 0.15) is 5.56 Å². The Balaban J connectivity index is 2.40. The summed E-state index contributed by atoms with van der Waals surface area (Å²) in [7, 11) is 1.50. The molecule has 0 bridgehead atoms. The maximum atomic E-state index is 11.4. The van der Waals surface area contributed by atoms with Gasteiger partial charge in [-0.25, -0.2) is 0 Å². The van der Waals surface area contributed by atoms with E-state index in [9.17, 15) is 9.90 Å². The number of carbonyl (C=O) groups is 1. The Bertz CT molecular complexity index is 420. The van der Waals surface area contributed by atoms with E-state index >= 15 is 0 Å². The molecule has 1 rings (SSSR count). The highest BCUT2D eigenvalue weighted by molar-refractivity contribution is 9.10. The monoisotopic (exact) mass is 313 g/mol.